The first-order chi connectivity index (χ1) is 13.1. The molecule has 27 heavy (non-hydrogen) atoms. The number of para-hydroxylation sites is 1. The van der Waals surface area contributed by atoms with Gasteiger partial charge in [0.15, 0.2) is 0 Å². The summed E-state index contributed by atoms with van der Waals surface area (Å²) >= 11 is 0. The molecule has 1 fully saturated rings. The smallest absolute Gasteiger partial charge is 0.415 e. The molecule has 0 saturated carbocycles. The molecule has 2 aromatic rings. The Labute approximate surface area is 157 Å². The summed E-state index contributed by atoms with van der Waals surface area (Å²) in [6, 6.07) is 12.7. The number of methoxy groups -OCH3 is 1. The lowest BCUT2D eigenvalue weighted by Crippen LogP contribution is -2.38. The van der Waals surface area contributed by atoms with Crippen molar-refractivity contribution in [2.45, 2.75) is 6.42 Å². The van der Waals surface area contributed by atoms with Crippen LogP contribution in [0.1, 0.15) is 16.8 Å². The monoisotopic (exact) mass is 372 g/mol. The van der Waals surface area contributed by atoms with E-state index < -0.39 is 11.9 Å². The summed E-state index contributed by atoms with van der Waals surface area (Å²) in [5, 5.41) is 0. The van der Waals surface area contributed by atoms with Crippen molar-refractivity contribution >= 4 is 12.0 Å². The van der Waals surface area contributed by atoms with Crippen LogP contribution in [0.15, 0.2) is 48.5 Å². The number of amides is 2. The average Bonchev–Trinajstić information content (AvgIpc) is 2.94. The Kier molecular flexibility index (Phi) is 5.90. The number of nitrogens with zero attached hydrogens (tertiary/aromatic N) is 2. The van der Waals surface area contributed by atoms with Crippen LogP contribution in [0, 0.1) is 5.82 Å². The maximum atomic E-state index is 13.6. The van der Waals surface area contributed by atoms with Gasteiger partial charge in [0.1, 0.15) is 17.3 Å². The van der Waals surface area contributed by atoms with Gasteiger partial charge in [0.25, 0.3) is 5.91 Å². The summed E-state index contributed by atoms with van der Waals surface area (Å²) in [5.74, 6) is -0.0122. The van der Waals surface area contributed by atoms with Crippen LogP contribution >= 0.6 is 0 Å². The van der Waals surface area contributed by atoms with E-state index in [0.29, 0.717) is 44.1 Å². The van der Waals surface area contributed by atoms with E-state index in [2.05, 4.69) is 0 Å². The third-order valence-corrected chi connectivity index (χ3v) is 4.38. The normalized spacial score (nSPS) is 14.4. The van der Waals surface area contributed by atoms with E-state index >= 15 is 0 Å². The Morgan fingerprint density at radius 3 is 2.41 bits per heavy atom. The molecule has 2 amide bonds. The maximum Gasteiger partial charge on any atom is 0.415 e. The summed E-state index contributed by atoms with van der Waals surface area (Å²) in [7, 11) is 1.44. The van der Waals surface area contributed by atoms with Gasteiger partial charge in [-0.3, -0.25) is 4.79 Å². The number of ether oxygens (including phenoxy) is 2. The Morgan fingerprint density at radius 2 is 1.67 bits per heavy atom. The van der Waals surface area contributed by atoms with Crippen LogP contribution in [0.25, 0.3) is 0 Å². The first kappa shape index (κ1) is 18.7. The van der Waals surface area contributed by atoms with Crippen molar-refractivity contribution in [3.8, 4) is 11.5 Å². The number of hydrogen-bond acceptors (Lipinski definition) is 4. The van der Waals surface area contributed by atoms with Gasteiger partial charge in [-0.15, -0.1) is 0 Å². The molecule has 1 aliphatic heterocycles. The fourth-order valence-electron chi connectivity index (χ4n) is 2.97. The summed E-state index contributed by atoms with van der Waals surface area (Å²) in [6.45, 7) is 1.63. The molecule has 2 aromatic carbocycles. The molecule has 1 heterocycles. The fraction of sp³-hybridized carbons (Fsp3) is 0.300. The highest BCUT2D eigenvalue weighted by Crippen LogP contribution is 2.22. The second kappa shape index (κ2) is 8.53. The molecule has 142 valence electrons. The van der Waals surface area contributed by atoms with Gasteiger partial charge in [0.2, 0.25) is 0 Å². The van der Waals surface area contributed by atoms with Crippen molar-refractivity contribution in [2.24, 2.45) is 0 Å². The van der Waals surface area contributed by atoms with E-state index in [0.717, 1.165) is 0 Å². The van der Waals surface area contributed by atoms with Crippen LogP contribution in [-0.2, 0) is 0 Å². The van der Waals surface area contributed by atoms with Gasteiger partial charge in [0, 0.05) is 26.2 Å². The second-order valence-corrected chi connectivity index (χ2v) is 6.16. The van der Waals surface area contributed by atoms with Gasteiger partial charge in [-0.1, -0.05) is 18.2 Å². The van der Waals surface area contributed by atoms with Gasteiger partial charge < -0.3 is 19.3 Å². The SMILES string of the molecule is COc1ccc(F)cc1C(=O)N1CCCN(C(=O)Oc2ccccc2)CC1. The fourth-order valence-corrected chi connectivity index (χ4v) is 2.97. The topological polar surface area (TPSA) is 59.1 Å². The molecule has 1 saturated heterocycles. The third-order valence-electron chi connectivity index (χ3n) is 4.38. The minimum absolute atomic E-state index is 0.179. The van der Waals surface area contributed by atoms with Gasteiger partial charge in [-0.05, 0) is 36.8 Å². The van der Waals surface area contributed by atoms with Crippen molar-refractivity contribution in [1.82, 2.24) is 9.80 Å². The Morgan fingerprint density at radius 1 is 0.963 bits per heavy atom. The van der Waals surface area contributed by atoms with E-state index in [-0.39, 0.29) is 11.5 Å². The molecule has 0 N–H and O–H groups in total. The van der Waals surface area contributed by atoms with Crippen molar-refractivity contribution in [3.63, 3.8) is 0 Å². The van der Waals surface area contributed by atoms with Crippen molar-refractivity contribution in [1.29, 1.82) is 0 Å². The first-order valence-electron chi connectivity index (χ1n) is 8.73. The zero-order chi connectivity index (χ0) is 19.2. The van der Waals surface area contributed by atoms with Crippen LogP contribution in [0.4, 0.5) is 9.18 Å². The van der Waals surface area contributed by atoms with Crippen LogP contribution in [0.2, 0.25) is 0 Å². The molecule has 0 radical (unpaired) electrons. The van der Waals surface area contributed by atoms with Crippen LogP contribution in [-0.4, -0.2) is 55.1 Å². The van der Waals surface area contributed by atoms with Gasteiger partial charge in [-0.2, -0.15) is 0 Å². The lowest BCUT2D eigenvalue weighted by atomic mass is 10.1. The highest BCUT2D eigenvalue weighted by atomic mass is 19.1. The van der Waals surface area contributed by atoms with Gasteiger partial charge >= 0.3 is 6.09 Å². The largest absolute Gasteiger partial charge is 0.496 e. The van der Waals surface area contributed by atoms with E-state index in [1.807, 2.05) is 6.07 Å². The molecule has 0 spiro atoms. The lowest BCUT2D eigenvalue weighted by Gasteiger charge is -2.22. The van der Waals surface area contributed by atoms with E-state index in [1.54, 1.807) is 34.1 Å². The van der Waals surface area contributed by atoms with Crippen LogP contribution < -0.4 is 9.47 Å². The molecule has 7 heteroatoms. The van der Waals surface area contributed by atoms with E-state index in [4.69, 9.17) is 9.47 Å². The molecular formula is C20H21FN2O4. The molecule has 0 aromatic heterocycles. The third kappa shape index (κ3) is 4.55. The molecule has 1 aliphatic rings. The number of carbonyl (C=O) groups is 2. The summed E-state index contributed by atoms with van der Waals surface area (Å²) in [4.78, 5) is 28.3. The quantitative estimate of drug-likeness (QED) is 0.830. The predicted octanol–water partition coefficient (Wildman–Crippen LogP) is 3.18. The minimum Gasteiger partial charge on any atom is -0.496 e. The Balaban J connectivity index is 1.65. The molecule has 6 nitrogen and oxygen atoms in total. The zero-order valence-electron chi connectivity index (χ0n) is 15.1. The van der Waals surface area contributed by atoms with Crippen molar-refractivity contribution < 1.29 is 23.5 Å². The molecule has 3 rings (SSSR count). The van der Waals surface area contributed by atoms with E-state index in [9.17, 15) is 14.0 Å². The summed E-state index contributed by atoms with van der Waals surface area (Å²) < 4.78 is 24.1. The number of hydrogen-bond donors (Lipinski definition) is 0. The van der Waals surface area contributed by atoms with E-state index in [1.165, 1.54) is 25.3 Å². The zero-order valence-corrected chi connectivity index (χ0v) is 15.1. The van der Waals surface area contributed by atoms with Crippen molar-refractivity contribution in [2.75, 3.05) is 33.3 Å². The Bertz CT molecular complexity index is 813. The number of benzene rings is 2. The standard InChI is InChI=1S/C20H21FN2O4/c1-26-18-9-8-15(21)14-17(18)19(24)22-10-5-11-23(13-12-22)20(25)27-16-6-3-2-4-7-16/h2-4,6-9,14H,5,10-13H2,1H3. The number of halogens is 1. The molecular weight excluding hydrogens is 351 g/mol. The predicted molar refractivity (Wildman–Crippen MR) is 97.5 cm³/mol. The summed E-state index contributed by atoms with van der Waals surface area (Å²) in [6.07, 6.45) is 0.159. The molecule has 0 unspecified atom stereocenters. The minimum atomic E-state index is -0.498. The molecule has 0 bridgehead atoms. The average molecular weight is 372 g/mol. The number of carbonyl (C=O) groups excluding carboxylic acids is 2. The highest BCUT2D eigenvalue weighted by Gasteiger charge is 2.25. The second-order valence-electron chi connectivity index (χ2n) is 6.16. The van der Waals surface area contributed by atoms with Crippen molar-refractivity contribution in [3.05, 3.63) is 59.9 Å². The molecule has 0 atom stereocenters. The first-order valence-corrected chi connectivity index (χ1v) is 8.73. The lowest BCUT2D eigenvalue weighted by molar-refractivity contribution is 0.0756. The van der Waals surface area contributed by atoms with Crippen LogP contribution in [0.3, 0.4) is 0 Å². The van der Waals surface area contributed by atoms with Gasteiger partial charge in [-0.25, -0.2) is 9.18 Å². The number of rotatable bonds is 3. The summed E-state index contributed by atoms with van der Waals surface area (Å²) in [5.41, 5.74) is 0.179. The van der Waals surface area contributed by atoms with Crippen LogP contribution in [0.5, 0.6) is 11.5 Å². The van der Waals surface area contributed by atoms with Gasteiger partial charge in [0.05, 0.1) is 12.7 Å². The Hall–Kier alpha value is -3.09. The highest BCUT2D eigenvalue weighted by molar-refractivity contribution is 5.97. The maximum absolute atomic E-state index is 13.6. The molecule has 0 aliphatic carbocycles.